The van der Waals surface area contributed by atoms with Crippen molar-refractivity contribution in [2.24, 2.45) is 0 Å². The molecular formula is C8H15NOSi. The third kappa shape index (κ3) is 4.77. The highest BCUT2D eigenvalue weighted by atomic mass is 28.4. The molecule has 0 N–H and O–H groups in total. The van der Waals surface area contributed by atoms with Crippen molar-refractivity contribution < 1.29 is 4.43 Å². The highest BCUT2D eigenvalue weighted by molar-refractivity contribution is 6.69. The molecule has 0 radical (unpaired) electrons. The third-order valence-electron chi connectivity index (χ3n) is 1.04. The summed E-state index contributed by atoms with van der Waals surface area (Å²) < 4.78 is 5.53. The van der Waals surface area contributed by atoms with Crippen LogP contribution in [0.2, 0.25) is 19.6 Å². The zero-order chi connectivity index (χ0) is 9.07. The first-order valence-electron chi connectivity index (χ1n) is 3.59. The van der Waals surface area contributed by atoms with Gasteiger partial charge in [0.2, 0.25) is 0 Å². The van der Waals surface area contributed by atoms with Crippen molar-refractivity contribution in [2.75, 3.05) is 0 Å². The van der Waals surface area contributed by atoms with Gasteiger partial charge in [0.15, 0.2) is 14.4 Å². The molecule has 0 unspecified atom stereocenters. The Morgan fingerprint density at radius 3 is 2.09 bits per heavy atom. The molecule has 0 aliphatic heterocycles. The minimum absolute atomic E-state index is 0.415. The van der Waals surface area contributed by atoms with Crippen molar-refractivity contribution >= 4 is 8.32 Å². The molecule has 0 bridgehead atoms. The lowest BCUT2D eigenvalue weighted by atomic mass is 10.2. The number of nitriles is 1. The summed E-state index contributed by atoms with van der Waals surface area (Å²) in [6.45, 7) is 11.7. The maximum atomic E-state index is 8.65. The van der Waals surface area contributed by atoms with Crippen LogP contribution < -0.4 is 0 Å². The number of rotatable bonds is 3. The largest absolute Gasteiger partial charge is 0.399 e. The van der Waals surface area contributed by atoms with Gasteiger partial charge in [-0.05, 0) is 32.1 Å². The highest BCUT2D eigenvalue weighted by Crippen LogP contribution is 2.11. The first kappa shape index (κ1) is 10.4. The molecule has 0 aliphatic rings. The van der Waals surface area contributed by atoms with E-state index in [4.69, 9.17) is 9.69 Å². The van der Waals surface area contributed by atoms with Gasteiger partial charge >= 0.3 is 0 Å². The van der Waals surface area contributed by atoms with Gasteiger partial charge in [-0.1, -0.05) is 6.58 Å². The molecule has 0 saturated heterocycles. The van der Waals surface area contributed by atoms with Gasteiger partial charge < -0.3 is 4.43 Å². The van der Waals surface area contributed by atoms with Crippen LogP contribution in [0.4, 0.5) is 0 Å². The second-order valence-corrected chi connectivity index (χ2v) is 8.05. The molecule has 11 heavy (non-hydrogen) atoms. The summed E-state index contributed by atoms with van der Waals surface area (Å²) in [4.78, 5) is 0. The molecule has 0 fully saturated rings. The Morgan fingerprint density at radius 1 is 1.55 bits per heavy atom. The fourth-order valence-corrected chi connectivity index (χ4v) is 1.55. The quantitative estimate of drug-likeness (QED) is 0.480. The Bertz CT molecular complexity index is 187. The SMILES string of the molecule is C=C(C)[C@H](C#N)O[Si](C)(C)C. The van der Waals surface area contributed by atoms with Crippen LogP contribution in [0.3, 0.4) is 0 Å². The molecule has 0 saturated carbocycles. The molecule has 2 nitrogen and oxygen atoms in total. The number of hydrogen-bond donors (Lipinski definition) is 0. The summed E-state index contributed by atoms with van der Waals surface area (Å²) >= 11 is 0. The van der Waals surface area contributed by atoms with Crippen LogP contribution in [-0.4, -0.2) is 14.4 Å². The fraction of sp³-hybridized carbons (Fsp3) is 0.625. The number of hydrogen-bond acceptors (Lipinski definition) is 2. The predicted molar refractivity (Wildman–Crippen MR) is 48.6 cm³/mol. The van der Waals surface area contributed by atoms with Crippen LogP contribution in [0.5, 0.6) is 0 Å². The van der Waals surface area contributed by atoms with Crippen molar-refractivity contribution in [3.8, 4) is 6.07 Å². The second-order valence-electron chi connectivity index (χ2n) is 3.59. The van der Waals surface area contributed by atoms with E-state index in [9.17, 15) is 0 Å². The van der Waals surface area contributed by atoms with Gasteiger partial charge in [0.05, 0.1) is 6.07 Å². The van der Waals surface area contributed by atoms with Crippen molar-refractivity contribution in [2.45, 2.75) is 32.7 Å². The Kier molecular flexibility index (Phi) is 3.50. The molecule has 0 amide bonds. The maximum absolute atomic E-state index is 8.65. The van der Waals surface area contributed by atoms with E-state index < -0.39 is 14.4 Å². The van der Waals surface area contributed by atoms with Gasteiger partial charge in [-0.2, -0.15) is 5.26 Å². The van der Waals surface area contributed by atoms with E-state index >= 15 is 0 Å². The van der Waals surface area contributed by atoms with Crippen LogP contribution >= 0.6 is 0 Å². The Hall–Kier alpha value is -0.593. The summed E-state index contributed by atoms with van der Waals surface area (Å²) in [6, 6.07) is 2.07. The van der Waals surface area contributed by atoms with Gasteiger partial charge in [-0.15, -0.1) is 0 Å². The molecule has 0 aliphatic carbocycles. The molecular weight excluding hydrogens is 154 g/mol. The summed E-state index contributed by atoms with van der Waals surface area (Å²) in [6.07, 6.45) is -0.415. The molecule has 0 spiro atoms. The van der Waals surface area contributed by atoms with E-state index in [1.807, 2.05) is 6.92 Å². The molecule has 0 aromatic carbocycles. The fourth-order valence-electron chi connectivity index (χ4n) is 0.591. The normalized spacial score (nSPS) is 13.7. The van der Waals surface area contributed by atoms with E-state index in [0.717, 1.165) is 5.57 Å². The summed E-state index contributed by atoms with van der Waals surface area (Å²) in [5.41, 5.74) is 0.787. The van der Waals surface area contributed by atoms with Gasteiger partial charge in [0.25, 0.3) is 0 Å². The first-order chi connectivity index (χ1) is 4.87. The zero-order valence-electron chi connectivity index (χ0n) is 7.64. The minimum Gasteiger partial charge on any atom is -0.399 e. The lowest BCUT2D eigenvalue weighted by Crippen LogP contribution is -2.31. The molecule has 3 heteroatoms. The van der Waals surface area contributed by atoms with E-state index in [-0.39, 0.29) is 0 Å². The Balaban J connectivity index is 4.13. The Morgan fingerprint density at radius 2 is 2.00 bits per heavy atom. The standard InChI is InChI=1S/C8H15NOSi/c1-7(2)8(6-9)10-11(3,4)5/h8H,1H2,2-5H3/t8-/m0/s1. The minimum atomic E-state index is -1.59. The highest BCUT2D eigenvalue weighted by Gasteiger charge is 2.20. The Labute approximate surface area is 69.6 Å². The molecule has 62 valence electrons. The van der Waals surface area contributed by atoms with Crippen LogP contribution in [0, 0.1) is 11.3 Å². The lowest BCUT2D eigenvalue weighted by Gasteiger charge is -2.21. The van der Waals surface area contributed by atoms with Crippen molar-refractivity contribution in [3.05, 3.63) is 12.2 Å². The zero-order valence-corrected chi connectivity index (χ0v) is 8.64. The van der Waals surface area contributed by atoms with Gasteiger partial charge in [0, 0.05) is 0 Å². The molecule has 0 aromatic heterocycles. The monoisotopic (exact) mass is 169 g/mol. The summed E-state index contributed by atoms with van der Waals surface area (Å²) in [5, 5.41) is 8.65. The topological polar surface area (TPSA) is 33.0 Å². The first-order valence-corrected chi connectivity index (χ1v) is 7.00. The average molecular weight is 169 g/mol. The van der Waals surface area contributed by atoms with Gasteiger partial charge in [0.1, 0.15) is 0 Å². The van der Waals surface area contributed by atoms with Crippen molar-refractivity contribution in [1.29, 1.82) is 5.26 Å². The summed E-state index contributed by atoms with van der Waals surface area (Å²) in [7, 11) is -1.59. The van der Waals surface area contributed by atoms with E-state index in [2.05, 4.69) is 32.3 Å². The summed E-state index contributed by atoms with van der Waals surface area (Å²) in [5.74, 6) is 0. The third-order valence-corrected chi connectivity index (χ3v) is 1.98. The predicted octanol–water partition coefficient (Wildman–Crippen LogP) is 2.31. The smallest absolute Gasteiger partial charge is 0.185 e. The maximum Gasteiger partial charge on any atom is 0.185 e. The lowest BCUT2D eigenvalue weighted by molar-refractivity contribution is 0.284. The van der Waals surface area contributed by atoms with Crippen LogP contribution in [0.15, 0.2) is 12.2 Å². The second kappa shape index (κ2) is 3.70. The van der Waals surface area contributed by atoms with Gasteiger partial charge in [-0.25, -0.2) is 0 Å². The van der Waals surface area contributed by atoms with E-state index in [1.54, 1.807) is 0 Å². The molecule has 0 rings (SSSR count). The van der Waals surface area contributed by atoms with Crippen molar-refractivity contribution in [3.63, 3.8) is 0 Å². The van der Waals surface area contributed by atoms with Crippen LogP contribution in [0.25, 0.3) is 0 Å². The van der Waals surface area contributed by atoms with Crippen LogP contribution in [-0.2, 0) is 4.43 Å². The van der Waals surface area contributed by atoms with Crippen LogP contribution in [0.1, 0.15) is 6.92 Å². The molecule has 0 aromatic rings. The number of nitrogens with zero attached hydrogens (tertiary/aromatic N) is 1. The average Bonchev–Trinajstić information content (AvgIpc) is 1.80. The van der Waals surface area contributed by atoms with E-state index in [1.165, 1.54) is 0 Å². The molecule has 1 atom stereocenters. The van der Waals surface area contributed by atoms with Crippen molar-refractivity contribution in [1.82, 2.24) is 0 Å². The molecule has 0 heterocycles. The van der Waals surface area contributed by atoms with Gasteiger partial charge in [-0.3, -0.25) is 0 Å². The van der Waals surface area contributed by atoms with E-state index in [0.29, 0.717) is 0 Å².